The zero-order valence-electron chi connectivity index (χ0n) is 20.8. The van der Waals surface area contributed by atoms with Crippen molar-refractivity contribution in [3.05, 3.63) is 77.9 Å². The van der Waals surface area contributed by atoms with Crippen molar-refractivity contribution in [3.63, 3.8) is 0 Å². The predicted octanol–water partition coefficient (Wildman–Crippen LogP) is 3.37. The van der Waals surface area contributed by atoms with E-state index in [-0.39, 0.29) is 48.7 Å². The van der Waals surface area contributed by atoms with E-state index in [0.29, 0.717) is 5.56 Å². The summed E-state index contributed by atoms with van der Waals surface area (Å²) in [6, 6.07) is 12.0. The first kappa shape index (κ1) is 29.5. The van der Waals surface area contributed by atoms with E-state index in [1.165, 1.54) is 50.5 Å². The Morgan fingerprint density at radius 3 is 2.00 bits per heavy atom. The van der Waals surface area contributed by atoms with Gasteiger partial charge in [0, 0.05) is 11.6 Å². The highest BCUT2D eigenvalue weighted by Crippen LogP contribution is 2.18. The first-order valence-corrected chi connectivity index (χ1v) is 11.2. The molecule has 0 N–H and O–H groups in total. The fourth-order valence-corrected chi connectivity index (χ4v) is 2.62. The summed E-state index contributed by atoms with van der Waals surface area (Å²) < 4.78 is 20.1. The van der Waals surface area contributed by atoms with Gasteiger partial charge in [-0.05, 0) is 55.0 Å². The van der Waals surface area contributed by atoms with E-state index in [1.807, 2.05) is 0 Å². The maximum Gasteiger partial charge on any atom is 0.365 e. The molecule has 0 heterocycles. The van der Waals surface area contributed by atoms with Gasteiger partial charge in [-0.3, -0.25) is 14.5 Å². The molecule has 0 fully saturated rings. The average Bonchev–Trinajstić information content (AvgIpc) is 2.90. The Bertz CT molecular complexity index is 1180. The van der Waals surface area contributed by atoms with E-state index < -0.39 is 29.8 Å². The lowest BCUT2D eigenvalue weighted by molar-refractivity contribution is -0.249. The summed E-state index contributed by atoms with van der Waals surface area (Å²) in [5.41, 5.74) is 1.11. The molecule has 0 saturated carbocycles. The van der Waals surface area contributed by atoms with Crippen molar-refractivity contribution in [2.24, 2.45) is 0 Å². The van der Waals surface area contributed by atoms with Crippen molar-refractivity contribution in [2.45, 2.75) is 19.8 Å². The third kappa shape index (κ3) is 10.9. The third-order valence-corrected chi connectivity index (χ3v) is 4.45. The van der Waals surface area contributed by atoms with E-state index in [4.69, 9.17) is 18.9 Å². The fourth-order valence-electron chi connectivity index (χ4n) is 2.62. The second kappa shape index (κ2) is 15.4. The maximum atomic E-state index is 12.4. The van der Waals surface area contributed by atoms with E-state index in [9.17, 15) is 24.0 Å². The van der Waals surface area contributed by atoms with Gasteiger partial charge in [0.05, 0.1) is 25.5 Å². The summed E-state index contributed by atoms with van der Waals surface area (Å²) in [6.07, 6.45) is 2.23. The summed E-state index contributed by atoms with van der Waals surface area (Å²) in [4.78, 5) is 67.1. The third-order valence-electron chi connectivity index (χ3n) is 4.45. The normalized spacial score (nSPS) is 10.4. The molecule has 11 heteroatoms. The zero-order valence-corrected chi connectivity index (χ0v) is 20.8. The van der Waals surface area contributed by atoms with Crippen LogP contribution >= 0.6 is 0 Å². The molecule has 0 amide bonds. The molecule has 2 rings (SSSR count). The zero-order chi connectivity index (χ0) is 27.9. The Balaban J connectivity index is 1.75. The highest BCUT2D eigenvalue weighted by atomic mass is 17.2. The molecule has 0 aliphatic carbocycles. The molecular weight excluding hydrogens is 500 g/mol. The summed E-state index contributed by atoms with van der Waals surface area (Å²) in [6.45, 7) is 4.66. The Kier molecular flexibility index (Phi) is 11.9. The van der Waals surface area contributed by atoms with E-state index in [2.05, 4.69) is 16.4 Å². The number of benzene rings is 2. The Morgan fingerprint density at radius 2 is 1.37 bits per heavy atom. The van der Waals surface area contributed by atoms with Crippen LogP contribution in [0, 0.1) is 0 Å². The first-order valence-electron chi connectivity index (χ1n) is 11.2. The van der Waals surface area contributed by atoms with Crippen molar-refractivity contribution in [1.29, 1.82) is 0 Å². The first-order chi connectivity index (χ1) is 18.2. The second-order valence-electron chi connectivity index (χ2n) is 7.50. The van der Waals surface area contributed by atoms with Crippen LogP contribution in [0.25, 0.3) is 6.08 Å². The van der Waals surface area contributed by atoms with Crippen LogP contribution in [0.1, 0.15) is 35.7 Å². The molecule has 200 valence electrons. The van der Waals surface area contributed by atoms with Gasteiger partial charge in [-0.15, -0.1) is 0 Å². The van der Waals surface area contributed by atoms with Crippen LogP contribution in [0.5, 0.6) is 11.5 Å². The number of hydrogen-bond acceptors (Lipinski definition) is 11. The predicted molar refractivity (Wildman–Crippen MR) is 132 cm³/mol. The van der Waals surface area contributed by atoms with Gasteiger partial charge < -0.3 is 18.9 Å². The van der Waals surface area contributed by atoms with Crippen molar-refractivity contribution in [1.82, 2.24) is 0 Å². The molecule has 0 bridgehead atoms. The van der Waals surface area contributed by atoms with Gasteiger partial charge in [0.15, 0.2) is 0 Å². The molecule has 38 heavy (non-hydrogen) atoms. The molecule has 0 aliphatic heterocycles. The van der Waals surface area contributed by atoms with Gasteiger partial charge in [-0.1, -0.05) is 18.7 Å². The highest BCUT2D eigenvalue weighted by molar-refractivity contribution is 5.91. The van der Waals surface area contributed by atoms with Crippen molar-refractivity contribution in [3.8, 4) is 11.5 Å². The van der Waals surface area contributed by atoms with Crippen LogP contribution in [0.3, 0.4) is 0 Å². The number of carbonyl (C=O) groups excluding carboxylic acids is 5. The van der Waals surface area contributed by atoms with Crippen LogP contribution in [-0.4, -0.2) is 50.2 Å². The van der Waals surface area contributed by atoms with Crippen LogP contribution in [-0.2, 0) is 38.4 Å². The van der Waals surface area contributed by atoms with Crippen LogP contribution in [0.2, 0.25) is 0 Å². The largest absolute Gasteiger partial charge is 0.462 e. The van der Waals surface area contributed by atoms with Gasteiger partial charge >= 0.3 is 29.8 Å². The fraction of sp³-hybridized carbons (Fsp3) is 0.222. The Labute approximate surface area is 218 Å². The molecule has 2 aromatic rings. The highest BCUT2D eigenvalue weighted by Gasteiger charge is 2.13. The molecule has 11 nitrogen and oxygen atoms in total. The smallest absolute Gasteiger partial charge is 0.365 e. The second-order valence-corrected chi connectivity index (χ2v) is 7.50. The number of hydrogen-bond donors (Lipinski definition) is 0. The minimum atomic E-state index is -0.671. The number of esters is 4. The Hall–Kier alpha value is -4.77. The standard InChI is InChI=1S/C27H26O11/c1-18(2)26(31)35-17-16-34-23(28)14-15-24(29)36-21-11-7-20(8-12-21)27(32)37-22-9-4-19(5-10-22)6-13-25(30)38-33-3/h4-13H,1,14-17H2,2-3H3/b13-6+. The van der Waals surface area contributed by atoms with Gasteiger partial charge in [-0.2, -0.15) is 4.89 Å². The summed E-state index contributed by atoms with van der Waals surface area (Å²) >= 11 is 0. The minimum absolute atomic E-state index is 0.118. The van der Waals surface area contributed by atoms with E-state index in [1.54, 1.807) is 24.3 Å². The lowest BCUT2D eigenvalue weighted by Crippen LogP contribution is -2.16. The minimum Gasteiger partial charge on any atom is -0.462 e. The summed E-state index contributed by atoms with van der Waals surface area (Å²) in [5, 5.41) is 0. The van der Waals surface area contributed by atoms with Crippen molar-refractivity contribution < 1.29 is 52.7 Å². The van der Waals surface area contributed by atoms with Crippen molar-refractivity contribution in [2.75, 3.05) is 20.3 Å². The molecule has 0 radical (unpaired) electrons. The van der Waals surface area contributed by atoms with Crippen LogP contribution < -0.4 is 9.47 Å². The summed E-state index contributed by atoms with van der Waals surface area (Å²) in [7, 11) is 1.22. The van der Waals surface area contributed by atoms with Gasteiger partial charge in [0.25, 0.3) is 0 Å². The molecule has 0 saturated heterocycles. The maximum absolute atomic E-state index is 12.4. The van der Waals surface area contributed by atoms with Crippen molar-refractivity contribution >= 4 is 35.9 Å². The monoisotopic (exact) mass is 526 g/mol. The lowest BCUT2D eigenvalue weighted by atomic mass is 10.2. The van der Waals surface area contributed by atoms with E-state index in [0.717, 1.165) is 0 Å². The topological polar surface area (TPSA) is 141 Å². The quantitative estimate of drug-likeness (QED) is 0.0947. The lowest BCUT2D eigenvalue weighted by Gasteiger charge is -2.07. The van der Waals surface area contributed by atoms with Crippen LogP contribution in [0.15, 0.2) is 66.8 Å². The van der Waals surface area contributed by atoms with Gasteiger partial charge in [-0.25, -0.2) is 14.4 Å². The molecule has 0 aliphatic rings. The SMILES string of the molecule is C=C(C)C(=O)OCCOC(=O)CCC(=O)Oc1ccc(C(=O)Oc2ccc(/C=C/C(=O)OOC)cc2)cc1. The Morgan fingerprint density at radius 1 is 0.789 bits per heavy atom. The van der Waals surface area contributed by atoms with E-state index >= 15 is 0 Å². The average molecular weight is 526 g/mol. The molecule has 2 aromatic carbocycles. The molecule has 0 aromatic heterocycles. The van der Waals surface area contributed by atoms with Crippen LogP contribution in [0.4, 0.5) is 0 Å². The molecule has 0 unspecified atom stereocenters. The number of ether oxygens (including phenoxy) is 4. The van der Waals surface area contributed by atoms with Gasteiger partial charge in [0.2, 0.25) is 0 Å². The molecule has 0 spiro atoms. The molecular formula is C27H26O11. The number of carbonyl (C=O) groups is 5. The molecule has 0 atom stereocenters. The van der Waals surface area contributed by atoms with Gasteiger partial charge in [0.1, 0.15) is 24.7 Å². The number of rotatable bonds is 13. The summed E-state index contributed by atoms with van der Waals surface area (Å²) in [5.74, 6) is -2.75.